The van der Waals surface area contributed by atoms with Crippen LogP contribution in [0.1, 0.15) is 54.0 Å². The van der Waals surface area contributed by atoms with E-state index >= 15 is 0 Å². The van der Waals surface area contributed by atoms with E-state index in [-0.39, 0.29) is 28.2 Å². The third kappa shape index (κ3) is 1.71. The van der Waals surface area contributed by atoms with E-state index in [1.54, 1.807) is 27.7 Å². The highest BCUT2D eigenvalue weighted by atomic mass is 16.5. The Balaban J connectivity index is 2.25. The number of phenols is 2. The quantitative estimate of drug-likeness (QED) is 0.693. The Morgan fingerprint density at radius 2 is 1.70 bits per heavy atom. The molecule has 0 bridgehead atoms. The minimum absolute atomic E-state index is 0.0453. The molecule has 142 valence electrons. The van der Waals surface area contributed by atoms with Crippen molar-refractivity contribution in [1.82, 2.24) is 0 Å². The molecule has 2 aliphatic carbocycles. The topological polar surface area (TPSA) is 113 Å². The molecule has 0 amide bonds. The van der Waals surface area contributed by atoms with Crippen LogP contribution in [0.5, 0.6) is 17.2 Å². The molecule has 1 aromatic rings. The number of allylic oxidation sites excluding steroid dienone is 3. The zero-order valence-corrected chi connectivity index (χ0v) is 15.6. The number of rotatable bonds is 1. The van der Waals surface area contributed by atoms with Gasteiger partial charge >= 0.3 is 0 Å². The summed E-state index contributed by atoms with van der Waals surface area (Å²) in [5, 5.41) is 32.7. The number of carbonyl (C=O) groups is 2. The molecule has 0 aromatic heterocycles. The number of aliphatic hydroxyl groups is 1. The van der Waals surface area contributed by atoms with E-state index in [1.165, 1.54) is 13.2 Å². The number of carbonyl (C=O) groups excluding carboxylic acids is 2. The van der Waals surface area contributed by atoms with Crippen molar-refractivity contribution < 1.29 is 34.4 Å². The second kappa shape index (κ2) is 4.92. The number of Topliss-reactive ketones (excluding diaryl/α,β-unsaturated/α-hetero) is 1. The van der Waals surface area contributed by atoms with Gasteiger partial charge in [-0.15, -0.1) is 0 Å². The minimum atomic E-state index is -2.03. The van der Waals surface area contributed by atoms with Crippen LogP contribution < -0.4 is 4.74 Å². The summed E-state index contributed by atoms with van der Waals surface area (Å²) in [7, 11) is 1.21. The lowest BCUT2D eigenvalue weighted by molar-refractivity contribution is -0.00670. The Hall–Kier alpha value is -2.80. The van der Waals surface area contributed by atoms with Crippen molar-refractivity contribution in [3.05, 3.63) is 34.1 Å². The van der Waals surface area contributed by atoms with Gasteiger partial charge in [0.1, 0.15) is 11.9 Å². The summed E-state index contributed by atoms with van der Waals surface area (Å²) < 4.78 is 10.9. The molecule has 0 radical (unpaired) electrons. The SMILES string of the molecule is COc1c(O)c2c3c(c1O)C(=O)C1(O)C(=C3C(C)=CC2=O)OC(C)C1(C)C. The van der Waals surface area contributed by atoms with Crippen LogP contribution in [-0.4, -0.2) is 45.7 Å². The summed E-state index contributed by atoms with van der Waals surface area (Å²) in [4.78, 5) is 26.0. The van der Waals surface area contributed by atoms with E-state index in [0.29, 0.717) is 11.1 Å². The van der Waals surface area contributed by atoms with Crippen LogP contribution in [-0.2, 0) is 4.74 Å². The third-order valence-corrected chi connectivity index (χ3v) is 6.20. The van der Waals surface area contributed by atoms with Crippen molar-refractivity contribution in [2.75, 3.05) is 7.11 Å². The average Bonchev–Trinajstić information content (AvgIpc) is 2.75. The second-order valence-electron chi connectivity index (χ2n) is 7.77. The predicted octanol–water partition coefficient (Wildman–Crippen LogP) is 2.33. The molecule has 3 N–H and O–H groups in total. The second-order valence-corrected chi connectivity index (χ2v) is 7.77. The van der Waals surface area contributed by atoms with Crippen molar-refractivity contribution in [1.29, 1.82) is 0 Å². The molecule has 7 nitrogen and oxygen atoms in total. The van der Waals surface area contributed by atoms with Crippen LogP contribution in [0.3, 0.4) is 0 Å². The number of methoxy groups -OCH3 is 1. The Labute approximate surface area is 155 Å². The minimum Gasteiger partial charge on any atom is -0.504 e. The van der Waals surface area contributed by atoms with Crippen LogP contribution in [0.2, 0.25) is 0 Å². The average molecular weight is 372 g/mol. The van der Waals surface area contributed by atoms with E-state index in [0.717, 1.165) is 0 Å². The largest absolute Gasteiger partial charge is 0.504 e. The molecule has 1 aliphatic heterocycles. The molecule has 4 rings (SSSR count). The van der Waals surface area contributed by atoms with Crippen molar-refractivity contribution in [3.63, 3.8) is 0 Å². The number of benzene rings is 1. The Morgan fingerprint density at radius 1 is 1.11 bits per heavy atom. The van der Waals surface area contributed by atoms with E-state index in [2.05, 4.69) is 0 Å². The fraction of sp³-hybridized carbons (Fsp3) is 0.400. The lowest BCUT2D eigenvalue weighted by atomic mass is 9.63. The molecule has 1 heterocycles. The molecule has 27 heavy (non-hydrogen) atoms. The van der Waals surface area contributed by atoms with Gasteiger partial charge in [0.05, 0.1) is 18.2 Å². The van der Waals surface area contributed by atoms with Gasteiger partial charge in [-0.3, -0.25) is 9.59 Å². The highest BCUT2D eigenvalue weighted by Gasteiger charge is 2.66. The van der Waals surface area contributed by atoms with Gasteiger partial charge in [0.25, 0.3) is 0 Å². The molecule has 1 saturated heterocycles. The van der Waals surface area contributed by atoms with E-state index in [1.807, 2.05) is 0 Å². The summed E-state index contributed by atoms with van der Waals surface area (Å²) in [5.41, 5.74) is -2.53. The van der Waals surface area contributed by atoms with Gasteiger partial charge < -0.3 is 24.8 Å². The highest BCUT2D eigenvalue weighted by Crippen LogP contribution is 2.60. The smallest absolute Gasteiger partial charge is 0.207 e. The van der Waals surface area contributed by atoms with Crippen molar-refractivity contribution in [2.45, 2.75) is 39.4 Å². The lowest BCUT2D eigenvalue weighted by Gasteiger charge is -2.39. The fourth-order valence-electron chi connectivity index (χ4n) is 4.25. The normalized spacial score (nSPS) is 27.8. The monoisotopic (exact) mass is 372 g/mol. The van der Waals surface area contributed by atoms with Crippen LogP contribution in [0, 0.1) is 5.41 Å². The molecular weight excluding hydrogens is 352 g/mol. The van der Waals surface area contributed by atoms with Gasteiger partial charge in [-0.05, 0) is 25.5 Å². The maximum atomic E-state index is 13.4. The van der Waals surface area contributed by atoms with Crippen molar-refractivity contribution in [3.8, 4) is 17.2 Å². The summed E-state index contributed by atoms with van der Waals surface area (Å²) in [5.74, 6) is -2.80. The van der Waals surface area contributed by atoms with Crippen LogP contribution in [0.15, 0.2) is 17.4 Å². The Kier molecular flexibility index (Phi) is 3.21. The molecule has 1 fully saturated rings. The molecule has 2 unspecified atom stereocenters. The maximum Gasteiger partial charge on any atom is 0.207 e. The summed E-state index contributed by atoms with van der Waals surface area (Å²) in [6, 6.07) is 0. The molecule has 0 saturated carbocycles. The number of aromatic hydroxyl groups is 2. The first-order valence-electron chi connectivity index (χ1n) is 8.57. The van der Waals surface area contributed by atoms with Gasteiger partial charge in [0.2, 0.25) is 11.5 Å². The van der Waals surface area contributed by atoms with Gasteiger partial charge in [-0.2, -0.15) is 0 Å². The first kappa shape index (κ1) is 17.6. The summed E-state index contributed by atoms with van der Waals surface area (Å²) >= 11 is 0. The first-order valence-corrected chi connectivity index (χ1v) is 8.57. The number of fused-ring (bicyclic) bond motifs is 1. The Bertz CT molecular complexity index is 1010. The number of phenolic OH excluding ortho intramolecular Hbond substituents is 2. The maximum absolute atomic E-state index is 13.4. The summed E-state index contributed by atoms with van der Waals surface area (Å²) in [6.07, 6.45) is 0.801. The fourth-order valence-corrected chi connectivity index (χ4v) is 4.25. The van der Waals surface area contributed by atoms with E-state index in [4.69, 9.17) is 9.47 Å². The summed E-state index contributed by atoms with van der Waals surface area (Å²) in [6.45, 7) is 6.81. The molecule has 7 heteroatoms. The number of ether oxygens (including phenoxy) is 2. The van der Waals surface area contributed by atoms with Crippen LogP contribution in [0.25, 0.3) is 5.57 Å². The third-order valence-electron chi connectivity index (χ3n) is 6.20. The van der Waals surface area contributed by atoms with Gasteiger partial charge in [0, 0.05) is 16.6 Å². The Morgan fingerprint density at radius 3 is 2.30 bits per heavy atom. The van der Waals surface area contributed by atoms with Gasteiger partial charge in [0.15, 0.2) is 22.9 Å². The number of ketones is 2. The molecule has 1 aromatic carbocycles. The first-order chi connectivity index (χ1) is 12.5. The highest BCUT2D eigenvalue weighted by molar-refractivity contribution is 6.24. The predicted molar refractivity (Wildman–Crippen MR) is 94.9 cm³/mol. The molecule has 2 atom stereocenters. The number of hydrogen-bond donors (Lipinski definition) is 3. The number of hydrogen-bond acceptors (Lipinski definition) is 7. The van der Waals surface area contributed by atoms with Gasteiger partial charge in [-0.25, -0.2) is 0 Å². The molecular formula is C20H20O7. The standard InChI is InChI=1S/C20H20O7/c1-7-6-9(21)11-12-10(7)18-20(25,19(3,4)8(2)27-18)17(24)13(12)15(23)16(26-5)14(11)22/h6,8,22-23,25H,1-5H3. The van der Waals surface area contributed by atoms with Crippen molar-refractivity contribution in [2.24, 2.45) is 5.41 Å². The van der Waals surface area contributed by atoms with Gasteiger partial charge in [-0.1, -0.05) is 13.8 Å². The van der Waals surface area contributed by atoms with E-state index in [9.17, 15) is 24.9 Å². The molecule has 3 aliphatic rings. The lowest BCUT2D eigenvalue weighted by Crippen LogP contribution is -2.53. The molecule has 0 spiro atoms. The van der Waals surface area contributed by atoms with Crippen molar-refractivity contribution >= 4 is 17.1 Å². The zero-order valence-electron chi connectivity index (χ0n) is 15.6. The zero-order chi connectivity index (χ0) is 20.0. The van der Waals surface area contributed by atoms with Crippen LogP contribution in [0.4, 0.5) is 0 Å². The van der Waals surface area contributed by atoms with Crippen LogP contribution >= 0.6 is 0 Å². The van der Waals surface area contributed by atoms with E-state index < -0.39 is 40.2 Å².